The van der Waals surface area contributed by atoms with Crippen LogP contribution in [0.2, 0.25) is 0 Å². The minimum absolute atomic E-state index is 0.220. The quantitative estimate of drug-likeness (QED) is 0.809. The maximum absolute atomic E-state index is 12.0. The highest BCUT2D eigenvalue weighted by atomic mass is 32.1. The van der Waals surface area contributed by atoms with Crippen molar-refractivity contribution in [2.24, 2.45) is 0 Å². The minimum atomic E-state index is -4.50. The van der Waals surface area contributed by atoms with E-state index in [1.165, 1.54) is 0 Å². The summed E-state index contributed by atoms with van der Waals surface area (Å²) in [5, 5.41) is 17.2. The minimum Gasteiger partial charge on any atom is -0.479 e. The molecule has 1 aromatic rings. The highest BCUT2D eigenvalue weighted by Crippen LogP contribution is 2.36. The molecule has 1 unspecified atom stereocenters. The second-order valence-electron chi connectivity index (χ2n) is 2.44. The SMILES string of the molecule is O=C(O)C(O)c1ccc(C(F)(F)F)s1. The third kappa shape index (κ3) is 2.24. The van der Waals surface area contributed by atoms with E-state index in [1.807, 2.05) is 0 Å². The number of aliphatic hydroxyl groups excluding tert-OH is 1. The number of carbonyl (C=O) groups is 1. The van der Waals surface area contributed by atoms with Gasteiger partial charge in [-0.3, -0.25) is 0 Å². The first-order valence-corrected chi connectivity index (χ1v) is 4.22. The molecule has 78 valence electrons. The van der Waals surface area contributed by atoms with Gasteiger partial charge in [-0.25, -0.2) is 4.79 Å². The topological polar surface area (TPSA) is 57.5 Å². The van der Waals surface area contributed by atoms with Crippen molar-refractivity contribution >= 4 is 17.3 Å². The first-order valence-electron chi connectivity index (χ1n) is 3.40. The maximum Gasteiger partial charge on any atom is 0.425 e. The molecule has 0 radical (unpaired) electrons. The molecule has 1 aromatic heterocycles. The molecule has 0 saturated heterocycles. The molecule has 0 amide bonds. The summed E-state index contributed by atoms with van der Waals surface area (Å²) in [7, 11) is 0. The van der Waals surface area contributed by atoms with Gasteiger partial charge in [0.05, 0.1) is 0 Å². The van der Waals surface area contributed by atoms with Gasteiger partial charge in [0, 0.05) is 4.88 Å². The molecule has 0 fully saturated rings. The molecule has 0 bridgehead atoms. The standard InChI is InChI=1S/C7H5F3O3S/c8-7(9,10)4-2-1-3(14-4)5(11)6(12)13/h1-2,5,11H,(H,12,13). The second-order valence-corrected chi connectivity index (χ2v) is 3.56. The van der Waals surface area contributed by atoms with Crippen LogP contribution < -0.4 is 0 Å². The first-order chi connectivity index (χ1) is 6.32. The second kappa shape index (κ2) is 3.58. The van der Waals surface area contributed by atoms with Crippen LogP contribution in [0.1, 0.15) is 15.9 Å². The lowest BCUT2D eigenvalue weighted by atomic mass is 10.3. The first kappa shape index (κ1) is 11.0. The van der Waals surface area contributed by atoms with E-state index in [9.17, 15) is 18.0 Å². The average molecular weight is 226 g/mol. The van der Waals surface area contributed by atoms with E-state index in [2.05, 4.69) is 0 Å². The predicted octanol–water partition coefficient (Wildman–Crippen LogP) is 1.88. The third-order valence-corrected chi connectivity index (χ3v) is 2.59. The summed E-state index contributed by atoms with van der Waals surface area (Å²) >= 11 is 0.220. The Bertz CT molecular complexity index is 344. The lowest BCUT2D eigenvalue weighted by Gasteiger charge is -2.02. The molecule has 7 heteroatoms. The van der Waals surface area contributed by atoms with E-state index in [-0.39, 0.29) is 16.2 Å². The van der Waals surface area contributed by atoms with Gasteiger partial charge < -0.3 is 10.2 Å². The van der Waals surface area contributed by atoms with Crippen LogP contribution in [0.3, 0.4) is 0 Å². The Hall–Kier alpha value is -1.08. The molecule has 1 rings (SSSR count). The van der Waals surface area contributed by atoms with Crippen molar-refractivity contribution in [2.75, 3.05) is 0 Å². The summed E-state index contributed by atoms with van der Waals surface area (Å²) in [6.45, 7) is 0. The van der Waals surface area contributed by atoms with Gasteiger partial charge in [-0.2, -0.15) is 13.2 Å². The van der Waals surface area contributed by atoms with E-state index in [0.717, 1.165) is 12.1 Å². The van der Waals surface area contributed by atoms with Gasteiger partial charge >= 0.3 is 12.1 Å². The van der Waals surface area contributed by atoms with Crippen LogP contribution in [0.25, 0.3) is 0 Å². The van der Waals surface area contributed by atoms with Crippen LogP contribution in [-0.4, -0.2) is 16.2 Å². The van der Waals surface area contributed by atoms with Crippen LogP contribution in [0.4, 0.5) is 13.2 Å². The molecule has 3 nitrogen and oxygen atoms in total. The van der Waals surface area contributed by atoms with Crippen molar-refractivity contribution in [3.63, 3.8) is 0 Å². The number of hydrogen-bond acceptors (Lipinski definition) is 3. The van der Waals surface area contributed by atoms with Gasteiger partial charge in [0.2, 0.25) is 0 Å². The Morgan fingerprint density at radius 1 is 1.43 bits per heavy atom. The number of rotatable bonds is 2. The zero-order valence-electron chi connectivity index (χ0n) is 6.58. The number of carboxylic acids is 1. The van der Waals surface area contributed by atoms with Gasteiger partial charge in [-0.05, 0) is 12.1 Å². The molecule has 1 heterocycles. The Balaban J connectivity index is 2.94. The molecule has 0 aliphatic rings. The van der Waals surface area contributed by atoms with Crippen LogP contribution in [-0.2, 0) is 11.0 Å². The lowest BCUT2D eigenvalue weighted by Crippen LogP contribution is -2.08. The van der Waals surface area contributed by atoms with Crippen molar-refractivity contribution in [3.8, 4) is 0 Å². The number of hydrogen-bond donors (Lipinski definition) is 2. The van der Waals surface area contributed by atoms with Crippen LogP contribution >= 0.6 is 11.3 Å². The normalized spacial score (nSPS) is 14.0. The molecule has 14 heavy (non-hydrogen) atoms. The number of aliphatic carboxylic acids is 1. The summed E-state index contributed by atoms with van der Waals surface area (Å²) in [5.74, 6) is -1.57. The summed E-state index contributed by atoms with van der Waals surface area (Å²) in [6, 6.07) is 1.69. The number of alkyl halides is 3. The molecular weight excluding hydrogens is 221 g/mol. The fourth-order valence-electron chi connectivity index (χ4n) is 0.774. The highest BCUT2D eigenvalue weighted by molar-refractivity contribution is 7.12. The number of carboxylic acid groups (broad SMARTS) is 1. The largest absolute Gasteiger partial charge is 0.479 e. The van der Waals surface area contributed by atoms with E-state index in [1.54, 1.807) is 0 Å². The monoisotopic (exact) mass is 226 g/mol. The third-order valence-electron chi connectivity index (χ3n) is 1.41. The number of thiophene rings is 1. The van der Waals surface area contributed by atoms with Crippen LogP contribution in [0, 0.1) is 0 Å². The fourth-order valence-corrected chi connectivity index (χ4v) is 1.63. The number of halogens is 3. The molecule has 0 aliphatic carbocycles. The maximum atomic E-state index is 12.0. The molecular formula is C7H5F3O3S. The van der Waals surface area contributed by atoms with E-state index in [0.29, 0.717) is 0 Å². The van der Waals surface area contributed by atoms with Crippen molar-refractivity contribution in [2.45, 2.75) is 12.3 Å². The summed E-state index contributed by atoms with van der Waals surface area (Å²) < 4.78 is 36.1. The molecule has 0 aliphatic heterocycles. The highest BCUT2D eigenvalue weighted by Gasteiger charge is 2.33. The van der Waals surface area contributed by atoms with Crippen molar-refractivity contribution in [1.29, 1.82) is 0 Å². The molecule has 1 atom stereocenters. The summed E-state index contributed by atoms with van der Waals surface area (Å²) in [5.41, 5.74) is 0. The van der Waals surface area contributed by atoms with Crippen LogP contribution in [0.5, 0.6) is 0 Å². The molecule has 0 spiro atoms. The fraction of sp³-hybridized carbons (Fsp3) is 0.286. The molecule has 0 saturated carbocycles. The zero-order valence-corrected chi connectivity index (χ0v) is 7.39. The summed E-state index contributed by atoms with van der Waals surface area (Å²) in [4.78, 5) is 9.08. The number of aliphatic hydroxyl groups is 1. The summed E-state index contributed by atoms with van der Waals surface area (Å²) in [6.07, 6.45) is -6.39. The Labute approximate surface area is 80.4 Å². The Morgan fingerprint density at radius 3 is 2.36 bits per heavy atom. The van der Waals surface area contributed by atoms with Crippen molar-refractivity contribution in [1.82, 2.24) is 0 Å². The van der Waals surface area contributed by atoms with Crippen molar-refractivity contribution < 1.29 is 28.2 Å². The smallest absolute Gasteiger partial charge is 0.425 e. The van der Waals surface area contributed by atoms with Gasteiger partial charge in [0.1, 0.15) is 4.88 Å². The average Bonchev–Trinajstić information content (AvgIpc) is 2.49. The Morgan fingerprint density at radius 2 is 2.00 bits per heavy atom. The van der Waals surface area contributed by atoms with E-state index >= 15 is 0 Å². The predicted molar refractivity (Wildman–Crippen MR) is 41.9 cm³/mol. The Kier molecular flexibility index (Phi) is 2.81. The molecule has 0 aromatic carbocycles. The molecule has 2 N–H and O–H groups in total. The van der Waals surface area contributed by atoms with Gasteiger partial charge in [0.15, 0.2) is 6.10 Å². The zero-order chi connectivity index (χ0) is 10.9. The van der Waals surface area contributed by atoms with Gasteiger partial charge in [-0.15, -0.1) is 11.3 Å². The van der Waals surface area contributed by atoms with Crippen molar-refractivity contribution in [3.05, 3.63) is 21.9 Å². The van der Waals surface area contributed by atoms with Crippen LogP contribution in [0.15, 0.2) is 12.1 Å². The van der Waals surface area contributed by atoms with Gasteiger partial charge in [-0.1, -0.05) is 0 Å². The lowest BCUT2D eigenvalue weighted by molar-refractivity contribution is -0.146. The van der Waals surface area contributed by atoms with E-state index < -0.39 is 23.1 Å². The van der Waals surface area contributed by atoms with Gasteiger partial charge in [0.25, 0.3) is 0 Å². The van der Waals surface area contributed by atoms with E-state index in [4.69, 9.17) is 10.2 Å².